The van der Waals surface area contributed by atoms with E-state index in [-0.39, 0.29) is 23.0 Å². The Kier molecular flexibility index (Phi) is 6.66. The third-order valence-electron chi connectivity index (χ3n) is 5.96. The zero-order chi connectivity index (χ0) is 21.8. The summed E-state index contributed by atoms with van der Waals surface area (Å²) in [5.74, 6) is 0.0873. The Hall–Kier alpha value is -3.01. The molecule has 1 aliphatic carbocycles. The minimum atomic E-state index is -0.449. The first-order valence-electron chi connectivity index (χ1n) is 10.4. The molecule has 2 unspecified atom stereocenters. The van der Waals surface area contributed by atoms with Crippen molar-refractivity contribution in [2.75, 3.05) is 7.11 Å². The Balaban J connectivity index is 2.09. The Morgan fingerprint density at radius 2 is 1.90 bits per heavy atom. The summed E-state index contributed by atoms with van der Waals surface area (Å²) in [4.78, 5) is 12.9. The van der Waals surface area contributed by atoms with Gasteiger partial charge in [-0.05, 0) is 43.2 Å². The van der Waals surface area contributed by atoms with Crippen molar-refractivity contribution < 1.29 is 19.7 Å². The molecule has 0 spiro atoms. The van der Waals surface area contributed by atoms with Crippen molar-refractivity contribution in [2.24, 2.45) is 11.8 Å². The molecular weight excluding hydrogens is 376 g/mol. The van der Waals surface area contributed by atoms with Crippen LogP contribution in [0.25, 0.3) is 6.08 Å². The molecule has 0 aromatic heterocycles. The number of ketones is 1. The number of hydrogen-bond acceptors (Lipinski definition) is 4. The van der Waals surface area contributed by atoms with Crippen molar-refractivity contribution in [3.63, 3.8) is 0 Å². The Morgan fingerprint density at radius 1 is 1.20 bits per heavy atom. The van der Waals surface area contributed by atoms with Crippen LogP contribution in [0.4, 0.5) is 0 Å². The lowest BCUT2D eigenvalue weighted by molar-refractivity contribution is 0.104. The summed E-state index contributed by atoms with van der Waals surface area (Å²) in [6, 6.07) is 10.9. The molecule has 2 atom stereocenters. The zero-order valence-electron chi connectivity index (χ0n) is 18.1. The van der Waals surface area contributed by atoms with Gasteiger partial charge in [0.25, 0.3) is 0 Å². The molecule has 0 amide bonds. The molecule has 1 aliphatic rings. The van der Waals surface area contributed by atoms with Crippen LogP contribution in [0, 0.1) is 11.8 Å². The highest BCUT2D eigenvalue weighted by Gasteiger charge is 2.34. The number of phenols is 2. The highest BCUT2D eigenvalue weighted by atomic mass is 16.5. The van der Waals surface area contributed by atoms with Crippen molar-refractivity contribution in [3.8, 4) is 17.2 Å². The number of hydrogen-bond donors (Lipinski definition) is 2. The number of ether oxygens (including phenoxy) is 1. The van der Waals surface area contributed by atoms with E-state index in [2.05, 4.69) is 26.8 Å². The van der Waals surface area contributed by atoms with E-state index in [0.717, 1.165) is 18.4 Å². The molecule has 30 heavy (non-hydrogen) atoms. The molecule has 4 heteroatoms. The molecule has 158 valence electrons. The van der Waals surface area contributed by atoms with Gasteiger partial charge in [-0.25, -0.2) is 0 Å². The average molecular weight is 407 g/mol. The fraction of sp³-hybridized carbons (Fsp3) is 0.346. The van der Waals surface area contributed by atoms with E-state index < -0.39 is 5.78 Å². The second-order valence-electron chi connectivity index (χ2n) is 8.33. The number of benzene rings is 2. The van der Waals surface area contributed by atoms with Gasteiger partial charge in [0.1, 0.15) is 22.8 Å². The molecule has 0 saturated carbocycles. The van der Waals surface area contributed by atoms with Gasteiger partial charge in [0, 0.05) is 17.5 Å². The van der Waals surface area contributed by atoms with Gasteiger partial charge in [-0.2, -0.15) is 0 Å². The summed E-state index contributed by atoms with van der Waals surface area (Å²) in [6.45, 7) is 6.43. The van der Waals surface area contributed by atoms with Gasteiger partial charge < -0.3 is 14.9 Å². The molecule has 2 aromatic carbocycles. The van der Waals surface area contributed by atoms with Crippen LogP contribution in [0.3, 0.4) is 0 Å². The minimum absolute atomic E-state index is 0.0843. The van der Waals surface area contributed by atoms with E-state index in [1.54, 1.807) is 6.08 Å². The van der Waals surface area contributed by atoms with E-state index in [4.69, 9.17) is 4.74 Å². The van der Waals surface area contributed by atoms with Crippen LogP contribution < -0.4 is 4.74 Å². The molecule has 0 fully saturated rings. The quantitative estimate of drug-likeness (QED) is 0.346. The lowest BCUT2D eigenvalue weighted by atomic mass is 9.71. The van der Waals surface area contributed by atoms with Crippen LogP contribution in [0.5, 0.6) is 17.2 Å². The van der Waals surface area contributed by atoms with Crippen LogP contribution in [0.2, 0.25) is 0 Å². The lowest BCUT2D eigenvalue weighted by Gasteiger charge is -2.34. The van der Waals surface area contributed by atoms with Crippen LogP contribution in [-0.2, 0) is 0 Å². The average Bonchev–Trinajstić information content (AvgIpc) is 2.72. The topological polar surface area (TPSA) is 66.8 Å². The third-order valence-corrected chi connectivity index (χ3v) is 5.96. The van der Waals surface area contributed by atoms with Crippen LogP contribution in [-0.4, -0.2) is 23.1 Å². The summed E-state index contributed by atoms with van der Waals surface area (Å²) in [5.41, 5.74) is 2.61. The van der Waals surface area contributed by atoms with E-state index in [1.165, 1.54) is 24.8 Å². The second-order valence-corrected chi connectivity index (χ2v) is 8.33. The minimum Gasteiger partial charge on any atom is -0.507 e. The molecule has 2 N–H and O–H groups in total. The van der Waals surface area contributed by atoms with E-state index in [1.807, 2.05) is 30.3 Å². The first-order chi connectivity index (χ1) is 14.3. The number of rotatable bonds is 6. The fourth-order valence-corrected chi connectivity index (χ4v) is 4.33. The summed E-state index contributed by atoms with van der Waals surface area (Å²) in [6.07, 6.45) is 7.24. The van der Waals surface area contributed by atoms with Crippen LogP contribution in [0.1, 0.15) is 61.0 Å². The number of aromatic hydroxyl groups is 2. The van der Waals surface area contributed by atoms with Gasteiger partial charge >= 0.3 is 0 Å². The van der Waals surface area contributed by atoms with Gasteiger partial charge in [0.2, 0.25) is 0 Å². The van der Waals surface area contributed by atoms with Crippen molar-refractivity contribution in [1.29, 1.82) is 0 Å². The molecular formula is C26H30O4. The first-order valence-corrected chi connectivity index (χ1v) is 10.4. The number of phenolic OH excluding ortho intramolecular Hbond substituents is 2. The third kappa shape index (κ3) is 4.43. The SMILES string of the molecule is COc1cc(O)c(C(=O)C=Cc2ccccc2)c(O)c1C1C=C(C)CCC1C(C)C. The molecule has 0 heterocycles. The van der Waals surface area contributed by atoms with Gasteiger partial charge in [-0.1, -0.05) is 61.9 Å². The number of allylic oxidation sites excluding steroid dienone is 3. The molecule has 0 saturated heterocycles. The molecule has 2 aromatic rings. The van der Waals surface area contributed by atoms with Crippen molar-refractivity contribution in [1.82, 2.24) is 0 Å². The van der Waals surface area contributed by atoms with E-state index in [9.17, 15) is 15.0 Å². The van der Waals surface area contributed by atoms with Gasteiger partial charge in [0.05, 0.1) is 7.11 Å². The smallest absolute Gasteiger partial charge is 0.193 e. The highest BCUT2D eigenvalue weighted by molar-refractivity contribution is 6.11. The monoisotopic (exact) mass is 406 g/mol. The maximum atomic E-state index is 12.9. The summed E-state index contributed by atoms with van der Waals surface area (Å²) in [5, 5.41) is 21.7. The lowest BCUT2D eigenvalue weighted by Crippen LogP contribution is -2.22. The predicted octanol–water partition coefficient (Wildman–Crippen LogP) is 6.10. The normalized spacial score (nSPS) is 19.2. The standard InChI is InChI=1S/C26H30O4/c1-16(2)19-12-10-17(3)14-20(19)24-23(30-4)15-22(28)25(26(24)29)21(27)13-11-18-8-6-5-7-9-18/h5-9,11,13-16,19-20,28-29H,10,12H2,1-4H3. The van der Waals surface area contributed by atoms with E-state index in [0.29, 0.717) is 23.1 Å². The van der Waals surface area contributed by atoms with Crippen molar-refractivity contribution in [3.05, 3.63) is 70.8 Å². The second kappa shape index (κ2) is 9.21. The maximum absolute atomic E-state index is 12.9. The summed E-state index contributed by atoms with van der Waals surface area (Å²) < 4.78 is 5.51. The Morgan fingerprint density at radius 3 is 2.53 bits per heavy atom. The molecule has 0 aliphatic heterocycles. The molecule has 0 radical (unpaired) electrons. The largest absolute Gasteiger partial charge is 0.507 e. The number of carbonyl (C=O) groups is 1. The van der Waals surface area contributed by atoms with Gasteiger partial charge in [0.15, 0.2) is 5.78 Å². The molecule has 3 rings (SSSR count). The Bertz CT molecular complexity index is 970. The summed E-state index contributed by atoms with van der Waals surface area (Å²) >= 11 is 0. The Labute approximate surface area is 178 Å². The first kappa shape index (κ1) is 21.7. The fourth-order valence-electron chi connectivity index (χ4n) is 4.33. The molecule has 4 nitrogen and oxygen atoms in total. The molecule has 0 bridgehead atoms. The number of carbonyl (C=O) groups excluding carboxylic acids is 1. The van der Waals surface area contributed by atoms with E-state index >= 15 is 0 Å². The summed E-state index contributed by atoms with van der Waals surface area (Å²) in [7, 11) is 1.51. The number of methoxy groups -OCH3 is 1. The zero-order valence-corrected chi connectivity index (χ0v) is 18.1. The van der Waals surface area contributed by atoms with Gasteiger partial charge in [-0.3, -0.25) is 4.79 Å². The van der Waals surface area contributed by atoms with Crippen LogP contribution >= 0.6 is 0 Å². The van der Waals surface area contributed by atoms with Gasteiger partial charge in [-0.15, -0.1) is 0 Å². The van der Waals surface area contributed by atoms with Crippen molar-refractivity contribution in [2.45, 2.75) is 39.5 Å². The maximum Gasteiger partial charge on any atom is 0.193 e. The van der Waals surface area contributed by atoms with Crippen LogP contribution in [0.15, 0.2) is 54.1 Å². The predicted molar refractivity (Wildman–Crippen MR) is 120 cm³/mol. The van der Waals surface area contributed by atoms with Crippen molar-refractivity contribution >= 4 is 11.9 Å². The highest BCUT2D eigenvalue weighted by Crippen LogP contribution is 2.49.